The van der Waals surface area contributed by atoms with Crippen molar-refractivity contribution in [3.63, 3.8) is 0 Å². The van der Waals surface area contributed by atoms with Gasteiger partial charge in [-0.15, -0.1) is 0 Å². The van der Waals surface area contributed by atoms with E-state index in [1.54, 1.807) is 4.90 Å². The average molecular weight is 225 g/mol. The number of rotatable bonds is 6. The molecule has 16 heavy (non-hydrogen) atoms. The van der Waals surface area contributed by atoms with Crippen LogP contribution in [0.4, 0.5) is 4.79 Å². The van der Waals surface area contributed by atoms with E-state index >= 15 is 0 Å². The molecule has 0 unspecified atom stereocenters. The largest absolute Gasteiger partial charge is 0.343 e. The molecular formula is C9H15N5O2. The molecular weight excluding hydrogens is 210 g/mol. The highest BCUT2D eigenvalue weighted by Crippen LogP contribution is 1.94. The summed E-state index contributed by atoms with van der Waals surface area (Å²) in [6, 6.07) is 0.0277. The molecule has 7 heteroatoms. The van der Waals surface area contributed by atoms with Crippen LogP contribution in [0, 0.1) is 0 Å². The van der Waals surface area contributed by atoms with Crippen molar-refractivity contribution in [1.82, 2.24) is 25.7 Å². The van der Waals surface area contributed by atoms with E-state index < -0.39 is 0 Å². The molecule has 0 atom stereocenters. The van der Waals surface area contributed by atoms with Gasteiger partial charge in [-0.2, -0.15) is 4.98 Å². The molecule has 1 aromatic heterocycles. The highest BCUT2D eigenvalue weighted by Gasteiger charge is 2.17. The minimum absolute atomic E-state index is 0.0277. The lowest BCUT2D eigenvalue weighted by Gasteiger charge is -2.13. The number of hydrogen-bond acceptors (Lipinski definition) is 5. The van der Waals surface area contributed by atoms with Crippen molar-refractivity contribution in [1.29, 1.82) is 0 Å². The summed E-state index contributed by atoms with van der Waals surface area (Å²) < 4.78 is 4.62. The van der Waals surface area contributed by atoms with Crippen LogP contribution in [0.1, 0.15) is 5.82 Å². The molecule has 1 aliphatic rings. The van der Waals surface area contributed by atoms with Crippen LogP contribution in [0.15, 0.2) is 10.9 Å². The van der Waals surface area contributed by atoms with Crippen molar-refractivity contribution in [2.24, 2.45) is 0 Å². The molecule has 0 bridgehead atoms. The highest BCUT2D eigenvalue weighted by molar-refractivity contribution is 5.76. The summed E-state index contributed by atoms with van der Waals surface area (Å²) in [4.78, 5) is 16.9. The van der Waals surface area contributed by atoms with Gasteiger partial charge in [-0.3, -0.25) is 0 Å². The Kier molecular flexibility index (Phi) is 3.71. The number of nitrogens with one attached hydrogen (secondary N) is 2. The molecule has 0 radical (unpaired) electrons. The maximum absolute atomic E-state index is 11.2. The zero-order valence-corrected chi connectivity index (χ0v) is 8.98. The fourth-order valence-electron chi connectivity index (χ4n) is 1.57. The van der Waals surface area contributed by atoms with Gasteiger partial charge in [0.2, 0.25) is 6.39 Å². The SMILES string of the molecule is O=C1NCCN1CCNCCc1ncon1. The van der Waals surface area contributed by atoms with E-state index in [4.69, 9.17) is 0 Å². The maximum Gasteiger partial charge on any atom is 0.317 e. The van der Waals surface area contributed by atoms with E-state index in [1.807, 2.05) is 0 Å². The molecule has 0 aromatic carbocycles. The van der Waals surface area contributed by atoms with E-state index in [1.165, 1.54) is 6.39 Å². The van der Waals surface area contributed by atoms with Gasteiger partial charge in [-0.05, 0) is 0 Å². The minimum Gasteiger partial charge on any atom is -0.343 e. The Morgan fingerprint density at radius 2 is 2.50 bits per heavy atom. The molecule has 1 aromatic rings. The van der Waals surface area contributed by atoms with E-state index in [9.17, 15) is 4.79 Å². The van der Waals surface area contributed by atoms with E-state index in [-0.39, 0.29) is 6.03 Å². The average Bonchev–Trinajstić information content (AvgIpc) is 2.90. The second kappa shape index (κ2) is 5.45. The molecule has 0 aliphatic carbocycles. The van der Waals surface area contributed by atoms with Gasteiger partial charge in [0.05, 0.1) is 0 Å². The highest BCUT2D eigenvalue weighted by atomic mass is 16.5. The first-order chi connectivity index (χ1) is 7.86. The molecule has 88 valence electrons. The van der Waals surface area contributed by atoms with Gasteiger partial charge < -0.3 is 20.1 Å². The lowest BCUT2D eigenvalue weighted by Crippen LogP contribution is -2.35. The summed E-state index contributed by atoms with van der Waals surface area (Å²) >= 11 is 0. The Bertz CT molecular complexity index is 327. The minimum atomic E-state index is 0.0277. The van der Waals surface area contributed by atoms with E-state index in [0.717, 1.165) is 39.1 Å². The number of urea groups is 1. The molecule has 2 rings (SSSR count). The zero-order chi connectivity index (χ0) is 11.2. The normalized spacial score (nSPS) is 15.5. The van der Waals surface area contributed by atoms with Crippen LogP contribution >= 0.6 is 0 Å². The molecule has 1 saturated heterocycles. The Morgan fingerprint density at radius 1 is 1.56 bits per heavy atom. The molecule has 2 N–H and O–H groups in total. The predicted molar refractivity (Wildman–Crippen MR) is 55.8 cm³/mol. The number of carbonyl (C=O) groups is 1. The summed E-state index contributed by atoms with van der Waals surface area (Å²) in [5.74, 6) is 0.700. The summed E-state index contributed by atoms with van der Waals surface area (Å²) in [6.07, 6.45) is 2.06. The van der Waals surface area contributed by atoms with Crippen LogP contribution in [0.2, 0.25) is 0 Å². The van der Waals surface area contributed by atoms with Crippen LogP contribution < -0.4 is 10.6 Å². The Hall–Kier alpha value is -1.63. The number of amides is 2. The van der Waals surface area contributed by atoms with Gasteiger partial charge in [0.1, 0.15) is 0 Å². The third-order valence-corrected chi connectivity index (χ3v) is 2.44. The van der Waals surface area contributed by atoms with Gasteiger partial charge in [0.15, 0.2) is 5.82 Å². The molecule has 0 spiro atoms. The van der Waals surface area contributed by atoms with Crippen molar-refractivity contribution < 1.29 is 9.32 Å². The zero-order valence-electron chi connectivity index (χ0n) is 8.98. The third kappa shape index (κ3) is 2.93. The van der Waals surface area contributed by atoms with Gasteiger partial charge in [0.25, 0.3) is 0 Å². The monoisotopic (exact) mass is 225 g/mol. The van der Waals surface area contributed by atoms with Gasteiger partial charge in [-0.1, -0.05) is 5.16 Å². The molecule has 2 heterocycles. The molecule has 0 saturated carbocycles. The van der Waals surface area contributed by atoms with Crippen molar-refractivity contribution in [3.8, 4) is 0 Å². The Morgan fingerprint density at radius 3 is 3.19 bits per heavy atom. The molecule has 7 nitrogen and oxygen atoms in total. The topological polar surface area (TPSA) is 83.3 Å². The fourth-order valence-corrected chi connectivity index (χ4v) is 1.57. The summed E-state index contributed by atoms with van der Waals surface area (Å²) in [7, 11) is 0. The Labute approximate surface area is 93.2 Å². The second-order valence-electron chi connectivity index (χ2n) is 3.57. The first-order valence-electron chi connectivity index (χ1n) is 5.35. The molecule has 2 amide bonds. The third-order valence-electron chi connectivity index (χ3n) is 2.44. The number of hydrogen-bond donors (Lipinski definition) is 2. The van der Waals surface area contributed by atoms with Gasteiger partial charge >= 0.3 is 6.03 Å². The first kappa shape index (κ1) is 10.9. The molecule has 1 fully saturated rings. The first-order valence-corrected chi connectivity index (χ1v) is 5.35. The van der Waals surface area contributed by atoms with Crippen LogP contribution in [0.5, 0.6) is 0 Å². The number of aromatic nitrogens is 2. The summed E-state index contributed by atoms with van der Waals surface area (Å²) in [6.45, 7) is 3.85. The van der Waals surface area contributed by atoms with Crippen LogP contribution in [0.25, 0.3) is 0 Å². The van der Waals surface area contributed by atoms with Crippen LogP contribution in [-0.4, -0.2) is 53.8 Å². The van der Waals surface area contributed by atoms with Crippen molar-refractivity contribution in [2.75, 3.05) is 32.7 Å². The van der Waals surface area contributed by atoms with Gasteiger partial charge in [0, 0.05) is 39.1 Å². The Balaban J connectivity index is 1.53. The summed E-state index contributed by atoms with van der Waals surface area (Å²) in [5.41, 5.74) is 0. The van der Waals surface area contributed by atoms with E-state index in [0.29, 0.717) is 5.82 Å². The second-order valence-corrected chi connectivity index (χ2v) is 3.57. The van der Waals surface area contributed by atoms with Crippen LogP contribution in [-0.2, 0) is 6.42 Å². The quantitative estimate of drug-likeness (QED) is 0.621. The van der Waals surface area contributed by atoms with Crippen molar-refractivity contribution >= 4 is 6.03 Å². The standard InChI is InChI=1S/C9H15N5O2/c15-9-11-4-6-14(9)5-3-10-2-1-8-12-7-16-13-8/h7,10H,1-6H2,(H,11,15). The summed E-state index contributed by atoms with van der Waals surface area (Å²) in [5, 5.41) is 9.69. The smallest absolute Gasteiger partial charge is 0.317 e. The number of carbonyl (C=O) groups excluding carboxylic acids is 1. The van der Waals surface area contributed by atoms with E-state index in [2.05, 4.69) is 25.3 Å². The maximum atomic E-state index is 11.2. The van der Waals surface area contributed by atoms with Crippen LogP contribution in [0.3, 0.4) is 0 Å². The van der Waals surface area contributed by atoms with Crippen molar-refractivity contribution in [3.05, 3.63) is 12.2 Å². The van der Waals surface area contributed by atoms with Gasteiger partial charge in [-0.25, -0.2) is 4.79 Å². The fraction of sp³-hybridized carbons (Fsp3) is 0.667. The van der Waals surface area contributed by atoms with Crippen molar-refractivity contribution in [2.45, 2.75) is 6.42 Å². The lowest BCUT2D eigenvalue weighted by molar-refractivity contribution is 0.217. The lowest BCUT2D eigenvalue weighted by atomic mass is 10.4. The number of nitrogens with zero attached hydrogens (tertiary/aromatic N) is 3. The predicted octanol–water partition coefficient (Wildman–Crippen LogP) is -0.773. The molecule has 1 aliphatic heterocycles.